The van der Waals surface area contributed by atoms with E-state index >= 15 is 0 Å². The summed E-state index contributed by atoms with van der Waals surface area (Å²) >= 11 is 6.01. The molecule has 2 amide bonds. The van der Waals surface area contributed by atoms with Gasteiger partial charge in [-0.15, -0.1) is 0 Å². The number of carbonyl (C=O) groups is 2. The standard InChI is InChI=1S/C19H16ClN3O2/c1-23(12-18(24)22-16-9-5-3-7-14(16)20)19(25)17-11-10-13-6-2-4-8-15(13)21-17/h2-11H,12H2,1H3,(H,22,24). The van der Waals surface area contributed by atoms with Gasteiger partial charge in [-0.1, -0.05) is 48.0 Å². The lowest BCUT2D eigenvalue weighted by Crippen LogP contribution is -2.35. The maximum atomic E-state index is 12.5. The smallest absolute Gasteiger partial charge is 0.272 e. The molecule has 2 aromatic carbocycles. The molecule has 0 saturated heterocycles. The molecular formula is C19H16ClN3O2. The Balaban J connectivity index is 1.69. The van der Waals surface area contributed by atoms with E-state index in [9.17, 15) is 9.59 Å². The van der Waals surface area contributed by atoms with Gasteiger partial charge in [-0.3, -0.25) is 9.59 Å². The number of nitrogens with zero attached hydrogens (tertiary/aromatic N) is 2. The fourth-order valence-corrected chi connectivity index (χ4v) is 2.60. The van der Waals surface area contributed by atoms with E-state index in [0.29, 0.717) is 16.4 Å². The van der Waals surface area contributed by atoms with Gasteiger partial charge >= 0.3 is 0 Å². The molecule has 6 heteroatoms. The van der Waals surface area contributed by atoms with Gasteiger partial charge in [0.25, 0.3) is 5.91 Å². The van der Waals surface area contributed by atoms with Gasteiger partial charge in [0.15, 0.2) is 0 Å². The van der Waals surface area contributed by atoms with Gasteiger partial charge in [0, 0.05) is 12.4 Å². The Morgan fingerprint density at radius 2 is 1.76 bits per heavy atom. The van der Waals surface area contributed by atoms with Crippen LogP contribution in [0.5, 0.6) is 0 Å². The van der Waals surface area contributed by atoms with Crippen LogP contribution in [0.4, 0.5) is 5.69 Å². The van der Waals surface area contributed by atoms with E-state index in [-0.39, 0.29) is 18.4 Å². The summed E-state index contributed by atoms with van der Waals surface area (Å²) in [5.74, 6) is -0.648. The highest BCUT2D eigenvalue weighted by molar-refractivity contribution is 6.33. The zero-order chi connectivity index (χ0) is 17.8. The third-order valence-corrected chi connectivity index (χ3v) is 4.02. The van der Waals surface area contributed by atoms with Crippen LogP contribution in [0.15, 0.2) is 60.7 Å². The molecule has 3 rings (SSSR count). The third kappa shape index (κ3) is 3.95. The Labute approximate surface area is 150 Å². The first-order valence-corrected chi connectivity index (χ1v) is 8.08. The van der Waals surface area contributed by atoms with Crippen molar-refractivity contribution in [2.75, 3.05) is 18.9 Å². The minimum Gasteiger partial charge on any atom is -0.331 e. The summed E-state index contributed by atoms with van der Waals surface area (Å²) in [6.45, 7) is -0.0986. The largest absolute Gasteiger partial charge is 0.331 e. The van der Waals surface area contributed by atoms with Gasteiger partial charge < -0.3 is 10.2 Å². The second-order valence-corrected chi connectivity index (χ2v) is 5.99. The predicted octanol–water partition coefficient (Wildman–Crippen LogP) is 3.60. The average Bonchev–Trinajstić information content (AvgIpc) is 2.62. The number of hydrogen-bond donors (Lipinski definition) is 1. The molecule has 0 atom stereocenters. The van der Waals surface area contributed by atoms with Crippen molar-refractivity contribution < 1.29 is 9.59 Å². The van der Waals surface area contributed by atoms with Crippen molar-refractivity contribution in [2.24, 2.45) is 0 Å². The average molecular weight is 354 g/mol. The zero-order valence-electron chi connectivity index (χ0n) is 13.6. The number of hydrogen-bond acceptors (Lipinski definition) is 3. The Bertz CT molecular complexity index is 943. The van der Waals surface area contributed by atoms with Crippen molar-refractivity contribution in [2.45, 2.75) is 0 Å². The SMILES string of the molecule is CN(CC(=O)Nc1ccccc1Cl)C(=O)c1ccc2ccccc2n1. The van der Waals surface area contributed by atoms with Crippen molar-refractivity contribution in [3.8, 4) is 0 Å². The molecule has 0 fully saturated rings. The van der Waals surface area contributed by atoms with Gasteiger partial charge in [0.2, 0.25) is 5.91 Å². The molecule has 0 saturated carbocycles. The molecule has 25 heavy (non-hydrogen) atoms. The second kappa shape index (κ2) is 7.32. The van der Waals surface area contributed by atoms with Gasteiger partial charge in [-0.05, 0) is 24.3 Å². The molecule has 1 N–H and O–H groups in total. The van der Waals surface area contributed by atoms with Crippen LogP contribution >= 0.6 is 11.6 Å². The highest BCUT2D eigenvalue weighted by Gasteiger charge is 2.17. The number of nitrogens with one attached hydrogen (secondary N) is 1. The van der Waals surface area contributed by atoms with E-state index in [1.165, 1.54) is 4.90 Å². The Morgan fingerprint density at radius 1 is 1.04 bits per heavy atom. The molecule has 0 aliphatic heterocycles. The number of anilines is 1. The number of likely N-dealkylation sites (N-methyl/N-ethyl adjacent to an activating group) is 1. The van der Waals surface area contributed by atoms with E-state index in [2.05, 4.69) is 10.3 Å². The minimum absolute atomic E-state index is 0.0986. The molecule has 0 spiro atoms. The van der Waals surface area contributed by atoms with Crippen LogP contribution in [0, 0.1) is 0 Å². The Morgan fingerprint density at radius 3 is 2.56 bits per heavy atom. The molecule has 0 aliphatic carbocycles. The number of rotatable bonds is 4. The number of amides is 2. The van der Waals surface area contributed by atoms with Crippen LogP contribution in [0.2, 0.25) is 5.02 Å². The first-order chi connectivity index (χ1) is 12.0. The Kier molecular flexibility index (Phi) is 4.95. The van der Waals surface area contributed by atoms with Crippen LogP contribution in [-0.4, -0.2) is 35.3 Å². The predicted molar refractivity (Wildman–Crippen MR) is 98.8 cm³/mol. The highest BCUT2D eigenvalue weighted by Crippen LogP contribution is 2.20. The lowest BCUT2D eigenvalue weighted by molar-refractivity contribution is -0.116. The lowest BCUT2D eigenvalue weighted by atomic mass is 10.2. The van der Waals surface area contributed by atoms with Crippen LogP contribution in [0.1, 0.15) is 10.5 Å². The van der Waals surface area contributed by atoms with E-state index in [1.54, 1.807) is 37.4 Å². The molecular weight excluding hydrogens is 338 g/mol. The third-order valence-electron chi connectivity index (χ3n) is 3.69. The number of halogens is 1. The number of pyridine rings is 1. The minimum atomic E-state index is -0.329. The summed E-state index contributed by atoms with van der Waals surface area (Å²) in [5, 5.41) is 4.09. The number of fused-ring (bicyclic) bond motifs is 1. The van der Waals surface area contributed by atoms with Crippen molar-refractivity contribution >= 4 is 40.0 Å². The highest BCUT2D eigenvalue weighted by atomic mass is 35.5. The molecule has 0 bridgehead atoms. The first kappa shape index (κ1) is 16.9. The van der Waals surface area contributed by atoms with Gasteiger partial charge in [0.05, 0.1) is 22.8 Å². The summed E-state index contributed by atoms with van der Waals surface area (Å²) in [6, 6.07) is 18.0. The monoisotopic (exact) mass is 353 g/mol. The van der Waals surface area contributed by atoms with Crippen LogP contribution in [-0.2, 0) is 4.79 Å². The molecule has 126 valence electrons. The van der Waals surface area contributed by atoms with E-state index in [0.717, 1.165) is 10.9 Å². The van der Waals surface area contributed by atoms with Crippen molar-refractivity contribution in [1.29, 1.82) is 0 Å². The van der Waals surface area contributed by atoms with Crippen molar-refractivity contribution in [3.05, 3.63) is 71.4 Å². The molecule has 0 unspecified atom stereocenters. The van der Waals surface area contributed by atoms with Crippen LogP contribution in [0.25, 0.3) is 10.9 Å². The van der Waals surface area contributed by atoms with E-state index in [4.69, 9.17) is 11.6 Å². The summed E-state index contributed by atoms with van der Waals surface area (Å²) in [4.78, 5) is 30.3. The fourth-order valence-electron chi connectivity index (χ4n) is 2.42. The lowest BCUT2D eigenvalue weighted by Gasteiger charge is -2.17. The Hall–Kier alpha value is -2.92. The quantitative estimate of drug-likeness (QED) is 0.779. The van der Waals surface area contributed by atoms with E-state index < -0.39 is 0 Å². The van der Waals surface area contributed by atoms with Crippen LogP contribution < -0.4 is 5.32 Å². The molecule has 1 heterocycles. The maximum absolute atomic E-state index is 12.5. The molecule has 3 aromatic rings. The van der Waals surface area contributed by atoms with Crippen molar-refractivity contribution in [3.63, 3.8) is 0 Å². The molecule has 1 aromatic heterocycles. The van der Waals surface area contributed by atoms with Gasteiger partial charge in [-0.2, -0.15) is 0 Å². The number of aromatic nitrogens is 1. The van der Waals surface area contributed by atoms with Gasteiger partial charge in [-0.25, -0.2) is 4.98 Å². The molecule has 5 nitrogen and oxygen atoms in total. The number of carbonyl (C=O) groups excluding carboxylic acids is 2. The normalized spacial score (nSPS) is 10.5. The van der Waals surface area contributed by atoms with Gasteiger partial charge in [0.1, 0.15) is 5.69 Å². The summed E-state index contributed by atoms with van der Waals surface area (Å²) in [6.07, 6.45) is 0. The second-order valence-electron chi connectivity index (χ2n) is 5.58. The number of para-hydroxylation sites is 2. The van der Waals surface area contributed by atoms with Crippen molar-refractivity contribution in [1.82, 2.24) is 9.88 Å². The number of benzene rings is 2. The molecule has 0 aliphatic rings. The summed E-state index contributed by atoms with van der Waals surface area (Å²) < 4.78 is 0. The maximum Gasteiger partial charge on any atom is 0.272 e. The first-order valence-electron chi connectivity index (χ1n) is 7.70. The topological polar surface area (TPSA) is 62.3 Å². The summed E-state index contributed by atoms with van der Waals surface area (Å²) in [5.41, 5.74) is 1.55. The summed E-state index contributed by atoms with van der Waals surface area (Å²) in [7, 11) is 1.56. The van der Waals surface area contributed by atoms with E-state index in [1.807, 2.05) is 30.3 Å². The zero-order valence-corrected chi connectivity index (χ0v) is 14.3. The molecule has 0 radical (unpaired) electrons. The van der Waals surface area contributed by atoms with Crippen LogP contribution in [0.3, 0.4) is 0 Å². The fraction of sp³-hybridized carbons (Fsp3) is 0.105.